The molecular formula is C48H46N2O6. The van der Waals surface area contributed by atoms with Crippen molar-refractivity contribution in [2.24, 2.45) is 11.5 Å². The first-order chi connectivity index (χ1) is 27.1. The average molecular weight is 747 g/mol. The lowest BCUT2D eigenvalue weighted by atomic mass is 9.84. The van der Waals surface area contributed by atoms with Crippen LogP contribution in [0.15, 0.2) is 182 Å². The molecule has 4 unspecified atom stereocenters. The summed E-state index contributed by atoms with van der Waals surface area (Å²) in [4.78, 5) is 27.1. The molecule has 0 bridgehead atoms. The van der Waals surface area contributed by atoms with Crippen molar-refractivity contribution in [1.82, 2.24) is 0 Å². The van der Waals surface area contributed by atoms with Crippen LogP contribution < -0.4 is 20.9 Å². The molecule has 56 heavy (non-hydrogen) atoms. The lowest BCUT2D eigenvalue weighted by Gasteiger charge is -2.36. The van der Waals surface area contributed by atoms with Gasteiger partial charge in [-0.25, -0.2) is 9.59 Å². The minimum absolute atomic E-state index is 0.403. The third kappa shape index (κ3) is 9.78. The van der Waals surface area contributed by atoms with Gasteiger partial charge in [-0.05, 0) is 71.5 Å². The number of benzene rings is 6. The summed E-state index contributed by atoms with van der Waals surface area (Å²) in [7, 11) is 0. The molecule has 4 N–H and O–H groups in total. The molecular weight excluding hydrogens is 701 g/mol. The topological polar surface area (TPSA) is 123 Å². The number of rotatable bonds is 16. The van der Waals surface area contributed by atoms with Crippen LogP contribution in [0, 0.1) is 0 Å². The van der Waals surface area contributed by atoms with Gasteiger partial charge in [0, 0.05) is 12.2 Å². The average Bonchev–Trinajstić information content (AvgIpc) is 3.25. The fourth-order valence-corrected chi connectivity index (χ4v) is 6.43. The van der Waals surface area contributed by atoms with Crippen molar-refractivity contribution in [2.75, 3.05) is 0 Å². The first kappa shape index (κ1) is 39.2. The predicted octanol–water partition coefficient (Wildman–Crippen LogP) is 9.02. The fourth-order valence-electron chi connectivity index (χ4n) is 6.43. The summed E-state index contributed by atoms with van der Waals surface area (Å²) in [5, 5.41) is 0. The Balaban J connectivity index is 1.19. The van der Waals surface area contributed by atoms with Crippen molar-refractivity contribution in [1.29, 1.82) is 0 Å². The van der Waals surface area contributed by atoms with Crippen molar-refractivity contribution in [2.45, 2.75) is 50.3 Å². The van der Waals surface area contributed by atoms with Crippen LogP contribution in [0.5, 0.6) is 11.5 Å². The number of esters is 2. The molecule has 8 heteroatoms. The summed E-state index contributed by atoms with van der Waals surface area (Å²) in [6.07, 6.45) is 2.09. The highest BCUT2D eigenvalue weighted by molar-refractivity contribution is 5.92. The van der Waals surface area contributed by atoms with Crippen molar-refractivity contribution < 1.29 is 28.5 Å². The van der Waals surface area contributed by atoms with Gasteiger partial charge in [0.15, 0.2) is 11.2 Å². The summed E-state index contributed by atoms with van der Waals surface area (Å²) in [5.74, 6) is -0.273. The van der Waals surface area contributed by atoms with E-state index in [4.69, 9.17) is 30.4 Å². The van der Waals surface area contributed by atoms with E-state index in [1.54, 1.807) is 13.8 Å². The molecule has 0 heterocycles. The molecule has 0 aromatic heterocycles. The highest BCUT2D eigenvalue weighted by atomic mass is 16.6. The Morgan fingerprint density at radius 3 is 1.11 bits per heavy atom. The van der Waals surface area contributed by atoms with Crippen LogP contribution in [0.1, 0.15) is 59.3 Å². The lowest BCUT2D eigenvalue weighted by molar-refractivity contribution is -0.158. The van der Waals surface area contributed by atoms with Crippen molar-refractivity contribution in [3.8, 4) is 11.5 Å². The van der Waals surface area contributed by atoms with Gasteiger partial charge in [0.1, 0.15) is 24.7 Å². The Morgan fingerprint density at radius 2 is 0.786 bits per heavy atom. The normalized spacial score (nSPS) is 14.4. The van der Waals surface area contributed by atoms with Crippen LogP contribution in [0.25, 0.3) is 0 Å². The molecule has 284 valence electrons. The predicted molar refractivity (Wildman–Crippen MR) is 217 cm³/mol. The van der Waals surface area contributed by atoms with Gasteiger partial charge in [-0.2, -0.15) is 0 Å². The summed E-state index contributed by atoms with van der Waals surface area (Å²) in [6.45, 7) is 4.30. The number of nitrogens with two attached hydrogens (primary N) is 2. The summed E-state index contributed by atoms with van der Waals surface area (Å²) in [5.41, 5.74) is 15.9. The molecule has 0 radical (unpaired) electrons. The molecule has 0 amide bonds. The highest BCUT2D eigenvalue weighted by Crippen LogP contribution is 2.39. The van der Waals surface area contributed by atoms with E-state index in [1.807, 2.05) is 170 Å². The van der Waals surface area contributed by atoms with Gasteiger partial charge in [0.2, 0.25) is 0 Å². The number of carbonyl (C=O) groups is 2. The number of carbonyl (C=O) groups excluding carboxylic acids is 2. The third-order valence-electron chi connectivity index (χ3n) is 9.84. The van der Waals surface area contributed by atoms with E-state index in [0.717, 1.165) is 34.4 Å². The van der Waals surface area contributed by atoms with E-state index in [-0.39, 0.29) is 0 Å². The first-order valence-electron chi connectivity index (χ1n) is 18.4. The van der Waals surface area contributed by atoms with E-state index < -0.39 is 35.2 Å². The van der Waals surface area contributed by atoms with Gasteiger partial charge in [0.05, 0.1) is 12.1 Å². The van der Waals surface area contributed by atoms with Crippen LogP contribution in [-0.2, 0) is 43.5 Å². The minimum Gasteiger partial charge on any atom is -0.489 e. The molecule has 6 aromatic rings. The van der Waals surface area contributed by atoms with Crippen LogP contribution in [0.3, 0.4) is 0 Å². The van der Waals surface area contributed by atoms with E-state index >= 15 is 0 Å². The number of hydrogen-bond donors (Lipinski definition) is 2. The Hall–Kier alpha value is -6.48. The molecule has 8 nitrogen and oxygen atoms in total. The van der Waals surface area contributed by atoms with Crippen molar-refractivity contribution in [3.05, 3.63) is 215 Å². The Morgan fingerprint density at radius 1 is 0.482 bits per heavy atom. The van der Waals surface area contributed by atoms with Gasteiger partial charge in [0.25, 0.3) is 0 Å². The van der Waals surface area contributed by atoms with Gasteiger partial charge in [-0.15, -0.1) is 0 Å². The van der Waals surface area contributed by atoms with Crippen LogP contribution in [-0.4, -0.2) is 11.9 Å². The third-order valence-corrected chi connectivity index (χ3v) is 9.84. The molecule has 6 aromatic carbocycles. The summed E-state index contributed by atoms with van der Waals surface area (Å²) in [6, 6.07) is 51.5. The maximum absolute atomic E-state index is 13.6. The standard InChI is InChI=1S/C48H46N2O6/c1-47(45(49)37-19-11-5-12-20-37,39-23-27-41(28-24-39)53-33-35-15-7-3-8-16-35)55-43(51)31-32-44(52)56-48(2,46(50)38-21-13-6-14-22-38)40-25-29-42(30-26-40)54-34-36-17-9-4-10-18-36/h3-32,45-46H,33-34,49-50H2,1-2H3/b32-31-. The van der Waals surface area contributed by atoms with Gasteiger partial charge in [-0.1, -0.05) is 146 Å². The molecule has 0 aliphatic carbocycles. The molecule has 0 saturated carbocycles. The zero-order chi connectivity index (χ0) is 39.4. The van der Waals surface area contributed by atoms with Crippen LogP contribution in [0.2, 0.25) is 0 Å². The fraction of sp³-hybridized carbons (Fsp3) is 0.167. The monoisotopic (exact) mass is 746 g/mol. The van der Waals surface area contributed by atoms with Gasteiger partial charge < -0.3 is 30.4 Å². The molecule has 6 rings (SSSR count). The summed E-state index contributed by atoms with van der Waals surface area (Å²) < 4.78 is 24.2. The van der Waals surface area contributed by atoms with Gasteiger partial charge >= 0.3 is 11.9 Å². The van der Waals surface area contributed by atoms with E-state index in [1.165, 1.54) is 0 Å². The van der Waals surface area contributed by atoms with E-state index in [0.29, 0.717) is 35.8 Å². The second-order valence-corrected chi connectivity index (χ2v) is 13.8. The Bertz CT molecular complexity index is 2020. The Labute approximate surface area is 328 Å². The van der Waals surface area contributed by atoms with Crippen molar-refractivity contribution in [3.63, 3.8) is 0 Å². The lowest BCUT2D eigenvalue weighted by Crippen LogP contribution is -2.40. The summed E-state index contributed by atoms with van der Waals surface area (Å²) >= 11 is 0. The van der Waals surface area contributed by atoms with E-state index in [9.17, 15) is 9.59 Å². The van der Waals surface area contributed by atoms with Crippen molar-refractivity contribution >= 4 is 11.9 Å². The number of hydrogen-bond acceptors (Lipinski definition) is 8. The second kappa shape index (κ2) is 18.2. The zero-order valence-corrected chi connectivity index (χ0v) is 31.5. The number of ether oxygens (including phenoxy) is 4. The molecule has 0 fully saturated rings. The van der Waals surface area contributed by atoms with Gasteiger partial charge in [-0.3, -0.25) is 0 Å². The second-order valence-electron chi connectivity index (χ2n) is 13.8. The maximum Gasteiger partial charge on any atom is 0.331 e. The molecule has 0 aliphatic heterocycles. The largest absolute Gasteiger partial charge is 0.489 e. The smallest absolute Gasteiger partial charge is 0.331 e. The first-order valence-corrected chi connectivity index (χ1v) is 18.4. The highest BCUT2D eigenvalue weighted by Gasteiger charge is 2.40. The zero-order valence-electron chi connectivity index (χ0n) is 31.5. The SMILES string of the molecule is CC(OC(=O)/C=C\C(=O)OC(C)(c1ccc(OCc2ccccc2)cc1)C(N)c1ccccc1)(c1ccc(OCc2ccccc2)cc1)C(N)c1ccccc1. The Kier molecular flexibility index (Phi) is 12.8. The van der Waals surface area contributed by atoms with Crippen LogP contribution >= 0.6 is 0 Å². The molecule has 4 atom stereocenters. The molecule has 0 saturated heterocycles. The minimum atomic E-state index is -1.33. The molecule has 0 spiro atoms. The molecule has 0 aliphatic rings. The van der Waals surface area contributed by atoms with Crippen LogP contribution in [0.4, 0.5) is 0 Å². The van der Waals surface area contributed by atoms with E-state index in [2.05, 4.69) is 0 Å². The maximum atomic E-state index is 13.6. The quantitative estimate of drug-likeness (QED) is 0.0743.